The van der Waals surface area contributed by atoms with Crippen molar-refractivity contribution < 1.29 is 14.6 Å². The van der Waals surface area contributed by atoms with Gasteiger partial charge in [-0.3, -0.25) is 4.79 Å². The molecule has 25 heavy (non-hydrogen) atoms. The van der Waals surface area contributed by atoms with E-state index in [1.807, 2.05) is 18.6 Å². The summed E-state index contributed by atoms with van der Waals surface area (Å²) in [5.74, 6) is -0.722. The largest absolute Gasteiger partial charge is 0.481 e. The highest BCUT2D eigenvalue weighted by atomic mass is 16.5. The molecule has 5 nitrogen and oxygen atoms in total. The molecule has 0 aliphatic carbocycles. The van der Waals surface area contributed by atoms with Crippen LogP contribution in [0.1, 0.15) is 44.1 Å². The molecule has 5 heteroatoms. The molecule has 2 aromatic rings. The Morgan fingerprint density at radius 3 is 2.72 bits per heavy atom. The van der Waals surface area contributed by atoms with Gasteiger partial charge in [0.15, 0.2) is 0 Å². The van der Waals surface area contributed by atoms with E-state index < -0.39 is 5.97 Å². The van der Waals surface area contributed by atoms with Gasteiger partial charge in [0.25, 0.3) is 0 Å². The number of unbranched alkanes of at least 4 members (excludes halogenated alkanes) is 2. The average Bonchev–Trinajstić information content (AvgIpc) is 3.11. The molecule has 0 bridgehead atoms. The van der Waals surface area contributed by atoms with Gasteiger partial charge < -0.3 is 14.4 Å². The number of ether oxygens (including phenoxy) is 1. The number of carboxylic acids is 1. The monoisotopic (exact) mass is 344 g/mol. The molecule has 0 aliphatic rings. The van der Waals surface area contributed by atoms with Crippen LogP contribution in [0.15, 0.2) is 49.1 Å². The van der Waals surface area contributed by atoms with Crippen molar-refractivity contribution in [2.45, 2.75) is 57.6 Å². The summed E-state index contributed by atoms with van der Waals surface area (Å²) in [6.45, 7) is 1.49. The van der Waals surface area contributed by atoms with Gasteiger partial charge in [-0.05, 0) is 37.7 Å². The van der Waals surface area contributed by atoms with E-state index in [0.717, 1.165) is 45.1 Å². The van der Waals surface area contributed by atoms with Crippen molar-refractivity contribution >= 4 is 5.97 Å². The molecule has 1 N–H and O–H groups in total. The van der Waals surface area contributed by atoms with Crippen LogP contribution < -0.4 is 0 Å². The fourth-order valence-corrected chi connectivity index (χ4v) is 2.84. The maximum Gasteiger partial charge on any atom is 0.303 e. The minimum atomic E-state index is -0.722. The molecule has 1 heterocycles. The molecule has 1 atom stereocenters. The summed E-state index contributed by atoms with van der Waals surface area (Å²) in [7, 11) is 0. The van der Waals surface area contributed by atoms with E-state index in [1.54, 1.807) is 6.20 Å². The number of nitrogens with zero attached hydrogens (tertiary/aromatic N) is 2. The lowest BCUT2D eigenvalue weighted by molar-refractivity contribution is -0.137. The van der Waals surface area contributed by atoms with E-state index in [-0.39, 0.29) is 12.5 Å². The molecule has 1 aromatic heterocycles. The fourth-order valence-electron chi connectivity index (χ4n) is 2.84. The zero-order valence-corrected chi connectivity index (χ0v) is 14.7. The van der Waals surface area contributed by atoms with Crippen molar-refractivity contribution in [1.82, 2.24) is 9.55 Å². The number of carboxylic acid groups (broad SMARTS) is 1. The third kappa shape index (κ3) is 8.49. The first-order chi connectivity index (χ1) is 12.2. The molecule has 0 saturated heterocycles. The maximum atomic E-state index is 10.5. The first kappa shape index (κ1) is 19.2. The van der Waals surface area contributed by atoms with Gasteiger partial charge in [-0.15, -0.1) is 0 Å². The molecule has 2 rings (SSSR count). The minimum Gasteiger partial charge on any atom is -0.481 e. The summed E-state index contributed by atoms with van der Waals surface area (Å²) < 4.78 is 8.12. The Hall–Kier alpha value is -2.14. The van der Waals surface area contributed by atoms with Crippen LogP contribution >= 0.6 is 0 Å². The van der Waals surface area contributed by atoms with Crippen LogP contribution in [-0.4, -0.2) is 33.3 Å². The van der Waals surface area contributed by atoms with Crippen LogP contribution in [0.25, 0.3) is 0 Å². The Bertz CT molecular complexity index is 584. The third-order valence-electron chi connectivity index (χ3n) is 4.20. The number of benzene rings is 1. The Labute approximate surface area is 149 Å². The standard InChI is InChI=1S/C20H28N2O3/c23-20(24)12-5-2-6-15-25-19(16-22-14-13-21-17-22)11-7-10-18-8-3-1-4-9-18/h1,3-4,8-9,13-14,17,19H,2,5-7,10-12,15-16H2,(H,23,24). The number of aryl methyl sites for hydroxylation is 1. The highest BCUT2D eigenvalue weighted by molar-refractivity contribution is 5.66. The number of rotatable bonds is 13. The number of aliphatic carboxylic acids is 1. The van der Waals surface area contributed by atoms with Gasteiger partial charge in [0, 0.05) is 32.0 Å². The molecule has 136 valence electrons. The van der Waals surface area contributed by atoms with Gasteiger partial charge >= 0.3 is 5.97 Å². The maximum absolute atomic E-state index is 10.5. The van der Waals surface area contributed by atoms with Gasteiger partial charge in [-0.1, -0.05) is 36.8 Å². The normalized spacial score (nSPS) is 12.2. The van der Waals surface area contributed by atoms with E-state index >= 15 is 0 Å². The van der Waals surface area contributed by atoms with Crippen molar-refractivity contribution in [3.05, 3.63) is 54.6 Å². The molecule has 0 spiro atoms. The second kappa shape index (κ2) is 11.4. The van der Waals surface area contributed by atoms with Crippen molar-refractivity contribution in [1.29, 1.82) is 0 Å². The van der Waals surface area contributed by atoms with Gasteiger partial charge in [0.1, 0.15) is 0 Å². The Morgan fingerprint density at radius 1 is 1.16 bits per heavy atom. The molecule has 0 fully saturated rings. The highest BCUT2D eigenvalue weighted by Gasteiger charge is 2.10. The number of carbonyl (C=O) groups is 1. The van der Waals surface area contributed by atoms with Crippen LogP contribution in [0.2, 0.25) is 0 Å². The van der Waals surface area contributed by atoms with Crippen LogP contribution in [-0.2, 0) is 22.5 Å². The average molecular weight is 344 g/mol. The molecular formula is C20H28N2O3. The molecule has 0 amide bonds. The number of hydrogen-bond donors (Lipinski definition) is 1. The molecule has 0 aliphatic heterocycles. The minimum absolute atomic E-state index is 0.164. The van der Waals surface area contributed by atoms with Crippen LogP contribution in [0, 0.1) is 0 Å². The van der Waals surface area contributed by atoms with E-state index in [4.69, 9.17) is 9.84 Å². The van der Waals surface area contributed by atoms with E-state index in [2.05, 4.69) is 33.8 Å². The van der Waals surface area contributed by atoms with Crippen molar-refractivity contribution in [3.8, 4) is 0 Å². The highest BCUT2D eigenvalue weighted by Crippen LogP contribution is 2.12. The van der Waals surface area contributed by atoms with Crippen molar-refractivity contribution in [3.63, 3.8) is 0 Å². The third-order valence-corrected chi connectivity index (χ3v) is 4.20. The first-order valence-corrected chi connectivity index (χ1v) is 9.07. The fraction of sp³-hybridized carbons (Fsp3) is 0.500. The SMILES string of the molecule is O=C(O)CCCCCOC(CCCc1ccccc1)Cn1ccnc1. The molecular weight excluding hydrogens is 316 g/mol. The first-order valence-electron chi connectivity index (χ1n) is 9.07. The number of aromatic nitrogens is 2. The predicted molar refractivity (Wildman–Crippen MR) is 97.5 cm³/mol. The second-order valence-electron chi connectivity index (χ2n) is 6.33. The lowest BCUT2D eigenvalue weighted by Crippen LogP contribution is -2.20. The smallest absolute Gasteiger partial charge is 0.303 e. The molecule has 1 aromatic carbocycles. The Kier molecular flexibility index (Phi) is 8.77. The van der Waals surface area contributed by atoms with Crippen LogP contribution in [0.3, 0.4) is 0 Å². The van der Waals surface area contributed by atoms with Gasteiger partial charge in [-0.2, -0.15) is 0 Å². The van der Waals surface area contributed by atoms with E-state index in [1.165, 1.54) is 5.56 Å². The topological polar surface area (TPSA) is 64.3 Å². The number of hydrogen-bond acceptors (Lipinski definition) is 3. The Balaban J connectivity index is 1.70. The molecule has 0 saturated carbocycles. The van der Waals surface area contributed by atoms with Crippen molar-refractivity contribution in [2.24, 2.45) is 0 Å². The summed E-state index contributed by atoms with van der Waals surface area (Å²) >= 11 is 0. The van der Waals surface area contributed by atoms with E-state index in [9.17, 15) is 4.79 Å². The quantitative estimate of drug-likeness (QED) is 0.559. The predicted octanol–water partition coefficient (Wildman–Crippen LogP) is 3.94. The lowest BCUT2D eigenvalue weighted by atomic mass is 10.1. The summed E-state index contributed by atoms with van der Waals surface area (Å²) in [4.78, 5) is 14.6. The Morgan fingerprint density at radius 2 is 2.00 bits per heavy atom. The number of imidazole rings is 1. The summed E-state index contributed by atoms with van der Waals surface area (Å²) in [6, 6.07) is 10.5. The zero-order chi connectivity index (χ0) is 17.7. The van der Waals surface area contributed by atoms with Crippen LogP contribution in [0.4, 0.5) is 0 Å². The van der Waals surface area contributed by atoms with E-state index in [0.29, 0.717) is 6.61 Å². The van der Waals surface area contributed by atoms with Gasteiger partial charge in [-0.25, -0.2) is 4.98 Å². The van der Waals surface area contributed by atoms with Crippen LogP contribution in [0.5, 0.6) is 0 Å². The summed E-state index contributed by atoms with van der Waals surface area (Å²) in [5, 5.41) is 8.65. The summed E-state index contributed by atoms with van der Waals surface area (Å²) in [6.07, 6.45) is 11.6. The van der Waals surface area contributed by atoms with Gasteiger partial charge in [0.2, 0.25) is 0 Å². The molecule has 1 unspecified atom stereocenters. The van der Waals surface area contributed by atoms with Crippen molar-refractivity contribution in [2.75, 3.05) is 6.61 Å². The second-order valence-corrected chi connectivity index (χ2v) is 6.33. The van der Waals surface area contributed by atoms with Gasteiger partial charge in [0.05, 0.1) is 12.4 Å². The zero-order valence-electron chi connectivity index (χ0n) is 14.7. The lowest BCUT2D eigenvalue weighted by Gasteiger charge is -2.18. The molecule has 0 radical (unpaired) electrons. The summed E-state index contributed by atoms with van der Waals surface area (Å²) in [5.41, 5.74) is 1.36.